The number of nitrogens with zero attached hydrogens (tertiary/aromatic N) is 1. The van der Waals surface area contributed by atoms with Gasteiger partial charge in [0.25, 0.3) is 0 Å². The van der Waals surface area contributed by atoms with Crippen LogP contribution in [0.4, 0.5) is 10.1 Å². The Balaban J connectivity index is 1.55. The van der Waals surface area contributed by atoms with Crippen LogP contribution in [0, 0.1) is 17.7 Å². The molecule has 0 aliphatic carbocycles. The van der Waals surface area contributed by atoms with E-state index in [9.17, 15) is 23.6 Å². The molecule has 2 fully saturated rings. The van der Waals surface area contributed by atoms with E-state index >= 15 is 0 Å². The standard InChI is InChI=1S/C23H21FN4O4/c24-13-6-7-15-14(10-13)23(22(32)26-15)19-18(16(27-23)11-17(25)29)20(30)28(21(19)31)9-8-12-4-2-1-3-5-12/h1-7,10,16,18-19,27H,8-9,11H2,(H2,25,29)(H,26,32)/t16?,18-,19+,23?/m0/s1. The second-order valence-electron chi connectivity index (χ2n) is 8.44. The molecule has 164 valence electrons. The van der Waals surface area contributed by atoms with E-state index in [1.54, 1.807) is 0 Å². The molecule has 8 nitrogen and oxygen atoms in total. The highest BCUT2D eigenvalue weighted by Gasteiger charge is 2.70. The maximum absolute atomic E-state index is 14.1. The topological polar surface area (TPSA) is 122 Å². The lowest BCUT2D eigenvalue weighted by molar-refractivity contribution is -0.142. The molecule has 2 unspecified atom stereocenters. The first-order chi connectivity index (χ1) is 15.3. The van der Waals surface area contributed by atoms with Gasteiger partial charge in [-0.15, -0.1) is 0 Å². The molecule has 0 radical (unpaired) electrons. The molecule has 5 rings (SSSR count). The normalized spacial score (nSPS) is 28.2. The Kier molecular flexibility index (Phi) is 4.59. The lowest BCUT2D eigenvalue weighted by atomic mass is 9.76. The van der Waals surface area contributed by atoms with Crippen molar-refractivity contribution in [2.45, 2.75) is 24.4 Å². The fourth-order valence-corrected chi connectivity index (χ4v) is 5.33. The number of hydrogen-bond donors (Lipinski definition) is 3. The molecule has 3 aliphatic rings. The number of carbonyl (C=O) groups is 4. The number of fused-ring (bicyclic) bond motifs is 4. The number of likely N-dealkylation sites (tertiary alicyclic amines) is 1. The highest BCUT2D eigenvalue weighted by atomic mass is 19.1. The first-order valence-corrected chi connectivity index (χ1v) is 10.4. The van der Waals surface area contributed by atoms with Crippen molar-refractivity contribution in [2.24, 2.45) is 17.6 Å². The molecule has 3 aliphatic heterocycles. The van der Waals surface area contributed by atoms with Crippen LogP contribution in [-0.2, 0) is 31.1 Å². The highest BCUT2D eigenvalue weighted by molar-refractivity contribution is 6.15. The average molecular weight is 436 g/mol. The van der Waals surface area contributed by atoms with Crippen LogP contribution in [0.5, 0.6) is 0 Å². The lowest BCUT2D eigenvalue weighted by Gasteiger charge is -2.29. The summed E-state index contributed by atoms with van der Waals surface area (Å²) in [7, 11) is 0. The summed E-state index contributed by atoms with van der Waals surface area (Å²) in [5.41, 5.74) is 5.34. The third kappa shape index (κ3) is 2.85. The third-order valence-electron chi connectivity index (χ3n) is 6.66. The van der Waals surface area contributed by atoms with E-state index in [4.69, 9.17) is 5.73 Å². The van der Waals surface area contributed by atoms with Crippen molar-refractivity contribution in [3.8, 4) is 0 Å². The van der Waals surface area contributed by atoms with Crippen LogP contribution in [0.15, 0.2) is 48.5 Å². The first kappa shape index (κ1) is 20.3. The van der Waals surface area contributed by atoms with E-state index in [2.05, 4.69) is 10.6 Å². The summed E-state index contributed by atoms with van der Waals surface area (Å²) in [6.07, 6.45) is 0.225. The summed E-state index contributed by atoms with van der Waals surface area (Å²) >= 11 is 0. The van der Waals surface area contributed by atoms with E-state index in [0.717, 1.165) is 10.5 Å². The number of primary amides is 1. The van der Waals surface area contributed by atoms with Crippen LogP contribution in [0.2, 0.25) is 0 Å². The van der Waals surface area contributed by atoms with E-state index in [1.807, 2.05) is 30.3 Å². The minimum absolute atomic E-state index is 0.145. The third-order valence-corrected chi connectivity index (χ3v) is 6.66. The highest BCUT2D eigenvalue weighted by Crippen LogP contribution is 2.53. The van der Waals surface area contributed by atoms with Crippen molar-refractivity contribution in [3.63, 3.8) is 0 Å². The Labute approximate surface area is 182 Å². The number of anilines is 1. The molecule has 4 N–H and O–H groups in total. The summed E-state index contributed by atoms with van der Waals surface area (Å²) in [5, 5.41) is 5.73. The molecule has 32 heavy (non-hydrogen) atoms. The SMILES string of the molecule is NC(=O)CC1NC2(C(=O)Nc3ccc(F)cc32)[C@H]2C(=O)N(CCc3ccccc3)C(=O)[C@@H]12. The second kappa shape index (κ2) is 7.23. The monoisotopic (exact) mass is 436 g/mol. The van der Waals surface area contributed by atoms with Gasteiger partial charge in [-0.05, 0) is 30.2 Å². The van der Waals surface area contributed by atoms with Gasteiger partial charge in [-0.2, -0.15) is 0 Å². The Morgan fingerprint density at radius 2 is 1.84 bits per heavy atom. The number of nitrogens with two attached hydrogens (primary N) is 1. The van der Waals surface area contributed by atoms with Crippen molar-refractivity contribution >= 4 is 29.3 Å². The van der Waals surface area contributed by atoms with E-state index in [-0.39, 0.29) is 18.5 Å². The Morgan fingerprint density at radius 3 is 2.56 bits per heavy atom. The van der Waals surface area contributed by atoms with Crippen LogP contribution in [0.3, 0.4) is 0 Å². The van der Waals surface area contributed by atoms with Crippen molar-refractivity contribution in [1.82, 2.24) is 10.2 Å². The Morgan fingerprint density at radius 1 is 1.09 bits per heavy atom. The van der Waals surface area contributed by atoms with Gasteiger partial charge < -0.3 is 11.1 Å². The molecule has 2 aromatic rings. The maximum atomic E-state index is 14.1. The predicted molar refractivity (Wildman–Crippen MR) is 111 cm³/mol. The van der Waals surface area contributed by atoms with Crippen molar-refractivity contribution in [2.75, 3.05) is 11.9 Å². The molecule has 2 aromatic carbocycles. The average Bonchev–Trinajstić information content (AvgIpc) is 3.32. The van der Waals surface area contributed by atoms with Gasteiger partial charge in [0.2, 0.25) is 23.6 Å². The zero-order valence-corrected chi connectivity index (χ0v) is 17.0. The number of benzene rings is 2. The van der Waals surface area contributed by atoms with Crippen LogP contribution in [-0.4, -0.2) is 41.1 Å². The van der Waals surface area contributed by atoms with Crippen LogP contribution in [0.1, 0.15) is 17.5 Å². The van der Waals surface area contributed by atoms with Gasteiger partial charge in [0.1, 0.15) is 11.4 Å². The molecule has 1 spiro atoms. The van der Waals surface area contributed by atoms with Gasteiger partial charge in [0.15, 0.2) is 0 Å². The molecular formula is C23H21FN4O4. The van der Waals surface area contributed by atoms with Gasteiger partial charge in [0, 0.05) is 30.3 Å². The fourth-order valence-electron chi connectivity index (χ4n) is 5.33. The second-order valence-corrected chi connectivity index (χ2v) is 8.44. The molecule has 0 bridgehead atoms. The van der Waals surface area contributed by atoms with Crippen LogP contribution >= 0.6 is 0 Å². The lowest BCUT2D eigenvalue weighted by Crippen LogP contribution is -2.53. The van der Waals surface area contributed by atoms with Gasteiger partial charge in [-0.25, -0.2) is 4.39 Å². The molecule has 4 atom stereocenters. The number of hydrogen-bond acceptors (Lipinski definition) is 5. The molecule has 0 saturated carbocycles. The zero-order valence-electron chi connectivity index (χ0n) is 17.0. The fraction of sp³-hybridized carbons (Fsp3) is 0.304. The zero-order chi connectivity index (χ0) is 22.6. The number of amides is 4. The van der Waals surface area contributed by atoms with Gasteiger partial charge >= 0.3 is 0 Å². The maximum Gasteiger partial charge on any atom is 0.250 e. The van der Waals surface area contributed by atoms with E-state index in [1.165, 1.54) is 18.2 Å². The number of carbonyl (C=O) groups excluding carboxylic acids is 4. The van der Waals surface area contributed by atoms with Crippen molar-refractivity contribution in [1.29, 1.82) is 0 Å². The smallest absolute Gasteiger partial charge is 0.250 e. The Bertz CT molecular complexity index is 1150. The van der Waals surface area contributed by atoms with E-state index in [0.29, 0.717) is 12.1 Å². The molecule has 9 heteroatoms. The molecule has 0 aromatic heterocycles. The molecule has 4 amide bonds. The summed E-state index contributed by atoms with van der Waals surface area (Å²) in [4.78, 5) is 52.9. The molecular weight excluding hydrogens is 415 g/mol. The van der Waals surface area contributed by atoms with Crippen molar-refractivity contribution < 1.29 is 23.6 Å². The number of rotatable bonds is 5. The van der Waals surface area contributed by atoms with E-state index < -0.39 is 52.9 Å². The summed E-state index contributed by atoms with van der Waals surface area (Å²) in [5.74, 6) is -4.81. The van der Waals surface area contributed by atoms with Gasteiger partial charge in [0.05, 0.1) is 11.8 Å². The van der Waals surface area contributed by atoms with Gasteiger partial charge in [-0.1, -0.05) is 30.3 Å². The Hall–Kier alpha value is -3.59. The van der Waals surface area contributed by atoms with Gasteiger partial charge in [-0.3, -0.25) is 29.4 Å². The summed E-state index contributed by atoms with van der Waals surface area (Å²) in [6, 6.07) is 12.4. The summed E-state index contributed by atoms with van der Waals surface area (Å²) < 4.78 is 14.1. The number of halogens is 1. The first-order valence-electron chi connectivity index (χ1n) is 10.4. The number of nitrogens with one attached hydrogen (secondary N) is 2. The molecule has 3 heterocycles. The largest absolute Gasteiger partial charge is 0.370 e. The van der Waals surface area contributed by atoms with Crippen molar-refractivity contribution in [3.05, 3.63) is 65.5 Å². The number of imide groups is 1. The van der Waals surface area contributed by atoms with Crippen LogP contribution in [0.25, 0.3) is 0 Å². The minimum Gasteiger partial charge on any atom is -0.370 e. The minimum atomic E-state index is -1.64. The summed E-state index contributed by atoms with van der Waals surface area (Å²) in [6.45, 7) is 0.145. The van der Waals surface area contributed by atoms with Crippen LogP contribution < -0.4 is 16.4 Å². The predicted octanol–water partition coefficient (Wildman–Crippen LogP) is 0.664. The quantitative estimate of drug-likeness (QED) is 0.595. The molecule has 2 saturated heterocycles.